The zero-order valence-electron chi connectivity index (χ0n) is 17.1. The summed E-state index contributed by atoms with van der Waals surface area (Å²) in [7, 11) is 1.77. The Morgan fingerprint density at radius 1 is 1.10 bits per heavy atom. The molecule has 152 valence electrons. The van der Waals surface area contributed by atoms with Gasteiger partial charge < -0.3 is 15.5 Å². The fourth-order valence-corrected chi connectivity index (χ4v) is 3.39. The van der Waals surface area contributed by atoms with Gasteiger partial charge in [0.05, 0.1) is 17.8 Å². The molecule has 2 aromatic carbocycles. The summed E-state index contributed by atoms with van der Waals surface area (Å²) in [5.41, 5.74) is 4.62. The molecule has 0 unspecified atom stereocenters. The predicted octanol–water partition coefficient (Wildman–Crippen LogP) is 3.54. The van der Waals surface area contributed by atoms with Gasteiger partial charge in [0.1, 0.15) is 0 Å². The number of likely N-dealkylation sites (N-methyl/N-ethyl adjacent to an activating group) is 1. The van der Waals surface area contributed by atoms with E-state index in [0.717, 1.165) is 28.2 Å². The molecule has 0 radical (unpaired) electrons. The minimum absolute atomic E-state index is 0.000715. The smallest absolute Gasteiger partial charge is 0.251 e. The predicted molar refractivity (Wildman–Crippen MR) is 117 cm³/mol. The number of hydrogen-bond acceptors (Lipinski definition) is 5. The summed E-state index contributed by atoms with van der Waals surface area (Å²) in [6, 6.07) is 14.9. The van der Waals surface area contributed by atoms with E-state index in [-0.39, 0.29) is 24.3 Å². The molecule has 7 nitrogen and oxygen atoms in total. The number of amides is 2. The second-order valence-electron chi connectivity index (χ2n) is 7.54. The number of rotatable bonds is 4. The van der Waals surface area contributed by atoms with E-state index in [1.54, 1.807) is 30.3 Å². The van der Waals surface area contributed by atoms with E-state index in [4.69, 9.17) is 4.98 Å². The lowest BCUT2D eigenvalue weighted by atomic mass is 10.1. The standard InChI is InChI=1S/C23H23N5O2/c1-14(2)25-22(30)15-8-10-17(11-9-15)26-23-24-13-16-12-20(29)28(3)19-7-5-4-6-18(19)21(16)27-23/h4-11,13-14H,12H2,1-3H3,(H,25,30)(H,24,26,27). The second kappa shape index (κ2) is 7.94. The van der Waals surface area contributed by atoms with Crippen molar-refractivity contribution in [3.63, 3.8) is 0 Å². The first-order chi connectivity index (χ1) is 14.4. The van der Waals surface area contributed by atoms with Crippen molar-refractivity contribution in [1.82, 2.24) is 15.3 Å². The maximum Gasteiger partial charge on any atom is 0.251 e. The summed E-state index contributed by atoms with van der Waals surface area (Å²) in [5, 5.41) is 6.05. The monoisotopic (exact) mass is 401 g/mol. The zero-order valence-corrected chi connectivity index (χ0v) is 17.1. The summed E-state index contributed by atoms with van der Waals surface area (Å²) in [6.07, 6.45) is 1.95. The third-order valence-electron chi connectivity index (χ3n) is 4.92. The highest BCUT2D eigenvalue weighted by Crippen LogP contribution is 2.35. The topological polar surface area (TPSA) is 87.2 Å². The Morgan fingerprint density at radius 2 is 1.83 bits per heavy atom. The van der Waals surface area contributed by atoms with Crippen LogP contribution in [0, 0.1) is 0 Å². The van der Waals surface area contributed by atoms with Crippen LogP contribution in [0.25, 0.3) is 11.3 Å². The fraction of sp³-hybridized carbons (Fsp3) is 0.217. The van der Waals surface area contributed by atoms with Gasteiger partial charge in [-0.2, -0.15) is 0 Å². The van der Waals surface area contributed by atoms with Crippen molar-refractivity contribution in [2.24, 2.45) is 0 Å². The van der Waals surface area contributed by atoms with Crippen molar-refractivity contribution in [2.75, 3.05) is 17.3 Å². The maximum absolute atomic E-state index is 12.5. The van der Waals surface area contributed by atoms with E-state index in [0.29, 0.717) is 11.5 Å². The average molecular weight is 401 g/mol. The van der Waals surface area contributed by atoms with Gasteiger partial charge in [0, 0.05) is 41.7 Å². The number of carbonyl (C=O) groups excluding carboxylic acids is 2. The number of nitrogens with zero attached hydrogens (tertiary/aromatic N) is 3. The van der Waals surface area contributed by atoms with Crippen LogP contribution in [-0.2, 0) is 11.2 Å². The lowest BCUT2D eigenvalue weighted by Crippen LogP contribution is -2.29. The molecule has 30 heavy (non-hydrogen) atoms. The molecular weight excluding hydrogens is 378 g/mol. The number of fused-ring (bicyclic) bond motifs is 3. The Balaban J connectivity index is 1.62. The van der Waals surface area contributed by atoms with Gasteiger partial charge >= 0.3 is 0 Å². The summed E-state index contributed by atoms with van der Waals surface area (Å²) in [5.74, 6) is 0.323. The summed E-state index contributed by atoms with van der Waals surface area (Å²) in [4.78, 5) is 35.3. The van der Waals surface area contributed by atoms with Crippen LogP contribution >= 0.6 is 0 Å². The number of aromatic nitrogens is 2. The normalized spacial score (nSPS) is 12.8. The quantitative estimate of drug-likeness (QED) is 0.698. The molecule has 3 aromatic rings. The Hall–Kier alpha value is -3.74. The van der Waals surface area contributed by atoms with Crippen molar-refractivity contribution in [1.29, 1.82) is 0 Å². The molecule has 2 amide bonds. The molecule has 0 saturated carbocycles. The van der Waals surface area contributed by atoms with Gasteiger partial charge in [-0.1, -0.05) is 18.2 Å². The van der Waals surface area contributed by atoms with Crippen LogP contribution in [0.4, 0.5) is 17.3 Å². The molecule has 7 heteroatoms. The van der Waals surface area contributed by atoms with Gasteiger partial charge in [0.2, 0.25) is 11.9 Å². The van der Waals surface area contributed by atoms with Crippen LogP contribution in [0.15, 0.2) is 54.7 Å². The van der Waals surface area contributed by atoms with Gasteiger partial charge in [-0.05, 0) is 44.2 Å². The molecule has 2 heterocycles. The molecule has 2 N–H and O–H groups in total. The molecule has 1 aromatic heterocycles. The fourth-order valence-electron chi connectivity index (χ4n) is 3.39. The maximum atomic E-state index is 12.5. The van der Waals surface area contributed by atoms with E-state index in [1.807, 2.05) is 50.2 Å². The number of carbonyl (C=O) groups is 2. The Morgan fingerprint density at radius 3 is 2.57 bits per heavy atom. The van der Waals surface area contributed by atoms with Crippen molar-refractivity contribution in [2.45, 2.75) is 26.3 Å². The number of para-hydroxylation sites is 1. The van der Waals surface area contributed by atoms with E-state index < -0.39 is 0 Å². The third kappa shape index (κ3) is 3.87. The summed E-state index contributed by atoms with van der Waals surface area (Å²) in [6.45, 7) is 3.85. The van der Waals surface area contributed by atoms with E-state index in [2.05, 4.69) is 15.6 Å². The molecule has 1 aliphatic rings. The number of anilines is 3. The SMILES string of the molecule is CC(C)NC(=O)c1ccc(Nc2ncc3c(n2)-c2ccccc2N(C)C(=O)C3)cc1. The van der Waals surface area contributed by atoms with Crippen LogP contribution in [0.3, 0.4) is 0 Å². The molecule has 0 saturated heterocycles. The molecule has 0 fully saturated rings. The number of nitrogens with one attached hydrogen (secondary N) is 2. The van der Waals surface area contributed by atoms with Crippen molar-refractivity contribution >= 4 is 29.1 Å². The molecule has 0 spiro atoms. The lowest BCUT2D eigenvalue weighted by Gasteiger charge is -2.16. The van der Waals surface area contributed by atoms with Crippen LogP contribution in [0.1, 0.15) is 29.8 Å². The Labute approximate surface area is 175 Å². The second-order valence-corrected chi connectivity index (χ2v) is 7.54. The van der Waals surface area contributed by atoms with Crippen molar-refractivity contribution in [3.05, 3.63) is 65.9 Å². The highest BCUT2D eigenvalue weighted by Gasteiger charge is 2.24. The molecule has 1 aliphatic heterocycles. The van der Waals surface area contributed by atoms with Crippen molar-refractivity contribution < 1.29 is 9.59 Å². The number of benzene rings is 2. The van der Waals surface area contributed by atoms with E-state index in [1.165, 1.54) is 0 Å². The van der Waals surface area contributed by atoms with Gasteiger partial charge in [-0.15, -0.1) is 0 Å². The van der Waals surface area contributed by atoms with Gasteiger partial charge in [0.25, 0.3) is 5.91 Å². The first-order valence-electron chi connectivity index (χ1n) is 9.82. The number of hydrogen-bond donors (Lipinski definition) is 2. The van der Waals surface area contributed by atoms with Gasteiger partial charge in [0.15, 0.2) is 0 Å². The zero-order chi connectivity index (χ0) is 21.3. The van der Waals surface area contributed by atoms with Crippen LogP contribution in [0.5, 0.6) is 0 Å². The van der Waals surface area contributed by atoms with Crippen LogP contribution < -0.4 is 15.5 Å². The summed E-state index contributed by atoms with van der Waals surface area (Å²) < 4.78 is 0. The molecule has 0 atom stereocenters. The third-order valence-corrected chi connectivity index (χ3v) is 4.92. The summed E-state index contributed by atoms with van der Waals surface area (Å²) >= 11 is 0. The highest BCUT2D eigenvalue weighted by atomic mass is 16.2. The minimum atomic E-state index is -0.108. The average Bonchev–Trinajstić information content (AvgIpc) is 2.83. The Kier molecular flexibility index (Phi) is 5.18. The van der Waals surface area contributed by atoms with Crippen LogP contribution in [-0.4, -0.2) is 34.9 Å². The highest BCUT2D eigenvalue weighted by molar-refractivity contribution is 6.01. The molecular formula is C23H23N5O2. The van der Waals surface area contributed by atoms with Gasteiger partial charge in [-0.3, -0.25) is 9.59 Å². The van der Waals surface area contributed by atoms with Gasteiger partial charge in [-0.25, -0.2) is 9.97 Å². The first-order valence-corrected chi connectivity index (χ1v) is 9.82. The molecule has 4 rings (SSSR count). The molecule has 0 bridgehead atoms. The minimum Gasteiger partial charge on any atom is -0.350 e. The van der Waals surface area contributed by atoms with Crippen LogP contribution in [0.2, 0.25) is 0 Å². The largest absolute Gasteiger partial charge is 0.350 e. The van der Waals surface area contributed by atoms with E-state index in [9.17, 15) is 9.59 Å². The Bertz CT molecular complexity index is 1110. The van der Waals surface area contributed by atoms with Crippen molar-refractivity contribution in [3.8, 4) is 11.3 Å². The van der Waals surface area contributed by atoms with E-state index >= 15 is 0 Å². The lowest BCUT2D eigenvalue weighted by molar-refractivity contribution is -0.117. The molecule has 0 aliphatic carbocycles. The first kappa shape index (κ1) is 19.6.